The first-order chi connectivity index (χ1) is 8.04. The van der Waals surface area contributed by atoms with Crippen molar-refractivity contribution in [2.45, 2.75) is 13.8 Å². The molecule has 0 saturated carbocycles. The van der Waals surface area contributed by atoms with Gasteiger partial charge in [0.1, 0.15) is 5.82 Å². The maximum Gasteiger partial charge on any atom is 0.277 e. The van der Waals surface area contributed by atoms with Gasteiger partial charge in [-0.1, -0.05) is 6.92 Å². The van der Waals surface area contributed by atoms with Crippen LogP contribution in [0.1, 0.15) is 12.5 Å². The molecule has 0 bridgehead atoms. The Morgan fingerprint density at radius 1 is 1.53 bits per heavy atom. The number of rotatable bonds is 6. The van der Waals surface area contributed by atoms with Crippen molar-refractivity contribution in [1.29, 1.82) is 0 Å². The standard InChI is InChI=1S/C11H18N4O2/c1-8(5-12-3)6-13-11-4-10(15(16)17)9(2)7-14-11/h4,7-8,12H,5-6H2,1-3H3,(H,13,14). The third kappa shape index (κ3) is 3.99. The first-order valence-corrected chi connectivity index (χ1v) is 5.54. The summed E-state index contributed by atoms with van der Waals surface area (Å²) in [6.45, 7) is 5.39. The second kappa shape index (κ2) is 6.15. The number of anilines is 1. The lowest BCUT2D eigenvalue weighted by atomic mass is 10.2. The summed E-state index contributed by atoms with van der Waals surface area (Å²) in [5, 5.41) is 16.9. The van der Waals surface area contributed by atoms with Gasteiger partial charge in [0, 0.05) is 18.3 Å². The number of nitrogens with one attached hydrogen (secondary N) is 2. The van der Waals surface area contributed by atoms with Crippen LogP contribution in [0.15, 0.2) is 12.3 Å². The molecule has 0 aromatic carbocycles. The number of pyridine rings is 1. The first-order valence-electron chi connectivity index (χ1n) is 5.54. The second-order valence-electron chi connectivity index (χ2n) is 4.16. The van der Waals surface area contributed by atoms with E-state index in [0.717, 1.165) is 13.1 Å². The molecule has 0 aliphatic rings. The Bertz CT molecular complexity index is 395. The molecule has 1 unspecified atom stereocenters. The van der Waals surface area contributed by atoms with Crippen molar-refractivity contribution in [3.8, 4) is 0 Å². The molecule has 6 heteroatoms. The Hall–Kier alpha value is -1.69. The zero-order valence-electron chi connectivity index (χ0n) is 10.4. The highest BCUT2D eigenvalue weighted by Crippen LogP contribution is 2.19. The first kappa shape index (κ1) is 13.4. The molecule has 1 aromatic rings. The quantitative estimate of drug-likeness (QED) is 0.580. The minimum absolute atomic E-state index is 0.101. The zero-order valence-corrected chi connectivity index (χ0v) is 10.4. The summed E-state index contributed by atoms with van der Waals surface area (Å²) in [5.74, 6) is 0.979. The Morgan fingerprint density at radius 2 is 2.24 bits per heavy atom. The van der Waals surface area contributed by atoms with Crippen LogP contribution in [0.25, 0.3) is 0 Å². The van der Waals surface area contributed by atoms with Crippen LogP contribution in [0.5, 0.6) is 0 Å². The number of nitro groups is 1. The summed E-state index contributed by atoms with van der Waals surface area (Å²) < 4.78 is 0. The van der Waals surface area contributed by atoms with E-state index in [9.17, 15) is 10.1 Å². The van der Waals surface area contributed by atoms with Gasteiger partial charge in [-0.15, -0.1) is 0 Å². The maximum atomic E-state index is 10.8. The van der Waals surface area contributed by atoms with Gasteiger partial charge in [-0.3, -0.25) is 10.1 Å². The number of nitrogens with zero attached hydrogens (tertiary/aromatic N) is 2. The SMILES string of the molecule is CNCC(C)CNc1cc([N+](=O)[O-])c(C)cn1. The molecule has 0 aliphatic carbocycles. The molecule has 17 heavy (non-hydrogen) atoms. The highest BCUT2D eigenvalue weighted by atomic mass is 16.6. The van der Waals surface area contributed by atoms with E-state index >= 15 is 0 Å². The predicted octanol–water partition coefficient (Wildman–Crippen LogP) is 1.57. The molecule has 6 nitrogen and oxygen atoms in total. The second-order valence-corrected chi connectivity index (χ2v) is 4.16. The molecule has 1 rings (SSSR count). The van der Waals surface area contributed by atoms with Gasteiger partial charge < -0.3 is 10.6 Å². The van der Waals surface area contributed by atoms with Crippen LogP contribution in [0.3, 0.4) is 0 Å². The summed E-state index contributed by atoms with van der Waals surface area (Å²) in [6, 6.07) is 1.47. The number of hydrogen-bond donors (Lipinski definition) is 2. The lowest BCUT2D eigenvalue weighted by Gasteiger charge is -2.12. The molecule has 0 spiro atoms. The van der Waals surface area contributed by atoms with E-state index < -0.39 is 0 Å². The average molecular weight is 238 g/mol. The third-order valence-electron chi connectivity index (χ3n) is 2.46. The van der Waals surface area contributed by atoms with Crippen molar-refractivity contribution in [1.82, 2.24) is 10.3 Å². The van der Waals surface area contributed by atoms with Crippen molar-refractivity contribution in [2.24, 2.45) is 5.92 Å². The molecule has 0 fully saturated rings. The summed E-state index contributed by atoms with van der Waals surface area (Å²) >= 11 is 0. The topological polar surface area (TPSA) is 80.1 Å². The maximum absolute atomic E-state index is 10.8. The molecule has 0 radical (unpaired) electrons. The van der Waals surface area contributed by atoms with Gasteiger partial charge >= 0.3 is 0 Å². The minimum Gasteiger partial charge on any atom is -0.370 e. The summed E-state index contributed by atoms with van der Waals surface area (Å²) in [4.78, 5) is 14.5. The van der Waals surface area contributed by atoms with Crippen LogP contribution in [0, 0.1) is 23.0 Å². The molecule has 2 N–H and O–H groups in total. The monoisotopic (exact) mass is 238 g/mol. The van der Waals surface area contributed by atoms with Crippen molar-refractivity contribution < 1.29 is 4.92 Å². The molecule has 0 aliphatic heterocycles. The Morgan fingerprint density at radius 3 is 2.82 bits per heavy atom. The summed E-state index contributed by atoms with van der Waals surface area (Å²) in [6.07, 6.45) is 1.52. The molecule has 1 atom stereocenters. The summed E-state index contributed by atoms with van der Waals surface area (Å²) in [7, 11) is 1.89. The largest absolute Gasteiger partial charge is 0.370 e. The molecule has 0 saturated heterocycles. The van der Waals surface area contributed by atoms with Crippen LogP contribution in [0.2, 0.25) is 0 Å². The zero-order chi connectivity index (χ0) is 12.8. The fourth-order valence-corrected chi connectivity index (χ4v) is 1.51. The van der Waals surface area contributed by atoms with Gasteiger partial charge in [0.25, 0.3) is 5.69 Å². The number of aryl methyl sites for hydroxylation is 1. The number of aromatic nitrogens is 1. The van der Waals surface area contributed by atoms with E-state index in [2.05, 4.69) is 22.5 Å². The Kier molecular flexibility index (Phi) is 4.84. The van der Waals surface area contributed by atoms with Gasteiger partial charge in [0.15, 0.2) is 0 Å². The van der Waals surface area contributed by atoms with Crippen molar-refractivity contribution >= 4 is 11.5 Å². The summed E-state index contributed by atoms with van der Waals surface area (Å²) in [5.41, 5.74) is 0.674. The van der Waals surface area contributed by atoms with Crippen LogP contribution in [-0.4, -0.2) is 30.0 Å². The molecular formula is C11H18N4O2. The number of hydrogen-bond acceptors (Lipinski definition) is 5. The lowest BCUT2D eigenvalue weighted by molar-refractivity contribution is -0.385. The van der Waals surface area contributed by atoms with E-state index in [1.54, 1.807) is 6.92 Å². The molecule has 1 heterocycles. The van der Waals surface area contributed by atoms with E-state index in [0.29, 0.717) is 17.3 Å². The highest BCUT2D eigenvalue weighted by molar-refractivity contribution is 5.48. The van der Waals surface area contributed by atoms with E-state index in [1.165, 1.54) is 12.3 Å². The van der Waals surface area contributed by atoms with Crippen molar-refractivity contribution in [3.63, 3.8) is 0 Å². The minimum atomic E-state index is -0.390. The van der Waals surface area contributed by atoms with Gasteiger partial charge in [-0.25, -0.2) is 4.98 Å². The van der Waals surface area contributed by atoms with Gasteiger partial charge in [0.2, 0.25) is 0 Å². The molecule has 0 amide bonds. The predicted molar refractivity (Wildman–Crippen MR) is 67.2 cm³/mol. The highest BCUT2D eigenvalue weighted by Gasteiger charge is 2.12. The van der Waals surface area contributed by atoms with Crippen LogP contribution >= 0.6 is 0 Å². The normalized spacial score (nSPS) is 12.2. The average Bonchev–Trinajstić information content (AvgIpc) is 2.28. The Labute approximate surface area is 101 Å². The van der Waals surface area contributed by atoms with Crippen LogP contribution in [0.4, 0.5) is 11.5 Å². The molecule has 1 aromatic heterocycles. The fourth-order valence-electron chi connectivity index (χ4n) is 1.51. The van der Waals surface area contributed by atoms with Crippen molar-refractivity contribution in [3.05, 3.63) is 27.9 Å². The molecule has 94 valence electrons. The van der Waals surface area contributed by atoms with Crippen LogP contribution < -0.4 is 10.6 Å². The van der Waals surface area contributed by atoms with E-state index in [4.69, 9.17) is 0 Å². The lowest BCUT2D eigenvalue weighted by Crippen LogP contribution is -2.23. The smallest absolute Gasteiger partial charge is 0.277 e. The fraction of sp³-hybridized carbons (Fsp3) is 0.545. The van der Waals surface area contributed by atoms with E-state index in [1.807, 2.05) is 7.05 Å². The Balaban J connectivity index is 2.66. The van der Waals surface area contributed by atoms with Crippen LogP contribution in [-0.2, 0) is 0 Å². The third-order valence-corrected chi connectivity index (χ3v) is 2.46. The molecular weight excluding hydrogens is 220 g/mol. The van der Waals surface area contributed by atoms with E-state index in [-0.39, 0.29) is 10.6 Å². The van der Waals surface area contributed by atoms with Gasteiger partial charge in [0.05, 0.1) is 11.0 Å². The van der Waals surface area contributed by atoms with Gasteiger partial charge in [-0.05, 0) is 26.4 Å². The van der Waals surface area contributed by atoms with Gasteiger partial charge in [-0.2, -0.15) is 0 Å². The van der Waals surface area contributed by atoms with Crippen molar-refractivity contribution in [2.75, 3.05) is 25.5 Å².